The Hall–Kier alpha value is -1.79. The quantitative estimate of drug-likeness (QED) is 0.589. The van der Waals surface area contributed by atoms with Gasteiger partial charge in [0.1, 0.15) is 0 Å². The van der Waals surface area contributed by atoms with Crippen molar-refractivity contribution in [2.75, 3.05) is 0 Å². The van der Waals surface area contributed by atoms with E-state index in [1.807, 2.05) is 20.8 Å². The smallest absolute Gasteiger partial charge is 0.295 e. The molecule has 0 radical (unpaired) electrons. The van der Waals surface area contributed by atoms with Crippen LogP contribution in [0.1, 0.15) is 26.3 Å². The van der Waals surface area contributed by atoms with Gasteiger partial charge in [0.15, 0.2) is 5.60 Å². The molecule has 0 saturated carbocycles. The van der Waals surface area contributed by atoms with Crippen molar-refractivity contribution in [3.8, 4) is 0 Å². The number of hydrogen-bond donors (Lipinski definition) is 0. The summed E-state index contributed by atoms with van der Waals surface area (Å²) in [7, 11) is 0. The van der Waals surface area contributed by atoms with E-state index in [1.54, 1.807) is 41.5 Å². The summed E-state index contributed by atoms with van der Waals surface area (Å²) in [5.41, 5.74) is -1.44. The Morgan fingerprint density at radius 1 is 1.35 bits per heavy atom. The molecule has 1 aromatic heterocycles. The second kappa shape index (κ2) is 6.37. The van der Waals surface area contributed by atoms with Crippen LogP contribution in [0, 0.1) is 15.5 Å². The molecule has 1 atom stereocenters. The minimum Gasteiger partial charge on any atom is -0.335 e. The maximum Gasteiger partial charge on any atom is 0.295 e. The molecule has 124 valence electrons. The minimum absolute atomic E-state index is 0.179. The van der Waals surface area contributed by atoms with E-state index in [-0.39, 0.29) is 6.54 Å². The minimum atomic E-state index is -1.31. The fourth-order valence-electron chi connectivity index (χ4n) is 2.52. The van der Waals surface area contributed by atoms with Crippen molar-refractivity contribution in [3.05, 3.63) is 62.6 Å². The third-order valence-electron chi connectivity index (χ3n) is 3.77. The molecule has 0 aliphatic carbocycles. The average molecular weight is 358 g/mol. The molecule has 0 aliphatic heterocycles. The number of aromatic nitrogens is 2. The zero-order chi connectivity index (χ0) is 17.3. The van der Waals surface area contributed by atoms with Crippen LogP contribution in [0.3, 0.4) is 0 Å². The van der Waals surface area contributed by atoms with E-state index in [0.29, 0.717) is 15.6 Å². The molecule has 6 nitrogen and oxygen atoms in total. The van der Waals surface area contributed by atoms with Crippen molar-refractivity contribution in [1.29, 1.82) is 0 Å². The molecule has 0 amide bonds. The van der Waals surface area contributed by atoms with E-state index in [1.165, 1.54) is 0 Å². The summed E-state index contributed by atoms with van der Waals surface area (Å²) >= 11 is 12.3. The lowest BCUT2D eigenvalue weighted by atomic mass is 9.72. The Morgan fingerprint density at radius 3 is 2.52 bits per heavy atom. The van der Waals surface area contributed by atoms with Crippen LogP contribution >= 0.6 is 23.2 Å². The zero-order valence-corrected chi connectivity index (χ0v) is 14.5. The molecule has 0 bridgehead atoms. The van der Waals surface area contributed by atoms with Gasteiger partial charge in [-0.15, -0.1) is 10.1 Å². The molecule has 0 N–H and O–H groups in total. The van der Waals surface area contributed by atoms with E-state index in [9.17, 15) is 10.1 Å². The van der Waals surface area contributed by atoms with Crippen LogP contribution in [0.5, 0.6) is 0 Å². The van der Waals surface area contributed by atoms with Crippen LogP contribution in [0.15, 0.2) is 36.9 Å². The van der Waals surface area contributed by atoms with Gasteiger partial charge < -0.3 is 4.57 Å². The molecular weight excluding hydrogens is 341 g/mol. The second-order valence-corrected chi connectivity index (χ2v) is 7.09. The van der Waals surface area contributed by atoms with Crippen molar-refractivity contribution < 1.29 is 9.92 Å². The van der Waals surface area contributed by atoms with Crippen molar-refractivity contribution >= 4 is 23.2 Å². The summed E-state index contributed by atoms with van der Waals surface area (Å²) in [6, 6.07) is 4.85. The van der Waals surface area contributed by atoms with E-state index >= 15 is 0 Å². The summed E-state index contributed by atoms with van der Waals surface area (Å²) in [4.78, 5) is 20.4. The maximum absolute atomic E-state index is 11.2. The number of nitrogens with zero attached hydrogens (tertiary/aromatic N) is 3. The lowest BCUT2D eigenvalue weighted by molar-refractivity contribution is -0.790. The molecule has 1 unspecified atom stereocenters. The SMILES string of the molecule is CC(C)(C)C(Cn1ccnc1)(O[N+](=O)[O-])c1ccc(Cl)cc1Cl. The van der Waals surface area contributed by atoms with Gasteiger partial charge in [0, 0.05) is 28.0 Å². The molecule has 8 heteroatoms. The Labute approximate surface area is 144 Å². The predicted molar refractivity (Wildman–Crippen MR) is 87.9 cm³/mol. The van der Waals surface area contributed by atoms with Crippen molar-refractivity contribution in [2.24, 2.45) is 5.41 Å². The Kier molecular flexibility index (Phi) is 4.87. The first-order chi connectivity index (χ1) is 10.7. The van der Waals surface area contributed by atoms with Gasteiger partial charge in [-0.25, -0.2) is 4.98 Å². The van der Waals surface area contributed by atoms with E-state index in [2.05, 4.69) is 4.98 Å². The molecule has 1 heterocycles. The number of imidazole rings is 1. The zero-order valence-electron chi connectivity index (χ0n) is 13.0. The first-order valence-electron chi connectivity index (χ1n) is 6.90. The third-order valence-corrected chi connectivity index (χ3v) is 4.32. The van der Waals surface area contributed by atoms with Crippen LogP contribution in [-0.4, -0.2) is 14.6 Å². The number of rotatable bonds is 5. The molecule has 0 saturated heterocycles. The highest BCUT2D eigenvalue weighted by Gasteiger charge is 2.49. The van der Waals surface area contributed by atoms with E-state index < -0.39 is 16.1 Å². The molecule has 0 spiro atoms. The lowest BCUT2D eigenvalue weighted by Gasteiger charge is -2.43. The van der Waals surface area contributed by atoms with Gasteiger partial charge in [0.2, 0.25) is 0 Å². The third kappa shape index (κ3) is 3.59. The fraction of sp³-hybridized carbons (Fsp3) is 0.400. The summed E-state index contributed by atoms with van der Waals surface area (Å²) in [5.74, 6) is 0. The summed E-state index contributed by atoms with van der Waals surface area (Å²) in [5, 5.41) is 11.2. The molecule has 0 aliphatic rings. The van der Waals surface area contributed by atoms with Gasteiger partial charge in [-0.05, 0) is 17.5 Å². The standard InChI is InChI=1S/C15H17Cl2N3O3/c1-14(2,3)15(23-20(21)22,9-19-7-6-18-10-19)12-5-4-11(16)8-13(12)17/h4-8,10H,9H2,1-3H3. The van der Waals surface area contributed by atoms with Crippen molar-refractivity contribution in [2.45, 2.75) is 32.9 Å². The van der Waals surface area contributed by atoms with E-state index in [0.717, 1.165) is 0 Å². The molecule has 1 aromatic carbocycles. The molecule has 2 aromatic rings. The monoisotopic (exact) mass is 357 g/mol. The van der Waals surface area contributed by atoms with Crippen LogP contribution in [0.25, 0.3) is 0 Å². The van der Waals surface area contributed by atoms with Gasteiger partial charge in [-0.3, -0.25) is 4.84 Å². The number of hydrogen-bond acceptors (Lipinski definition) is 4. The summed E-state index contributed by atoms with van der Waals surface area (Å²) in [6.45, 7) is 5.76. The normalized spacial score (nSPS) is 14.3. The molecule has 2 rings (SSSR count). The van der Waals surface area contributed by atoms with Gasteiger partial charge in [0.25, 0.3) is 5.09 Å². The summed E-state index contributed by atoms with van der Waals surface area (Å²) in [6.07, 6.45) is 4.89. The number of halogens is 2. The van der Waals surface area contributed by atoms with Gasteiger partial charge >= 0.3 is 0 Å². The highest BCUT2D eigenvalue weighted by molar-refractivity contribution is 6.35. The molecular formula is C15H17Cl2N3O3. The molecule has 0 fully saturated rings. The van der Waals surface area contributed by atoms with Gasteiger partial charge in [-0.1, -0.05) is 50.0 Å². The van der Waals surface area contributed by atoms with Crippen LogP contribution in [0.2, 0.25) is 10.0 Å². The van der Waals surface area contributed by atoms with Crippen molar-refractivity contribution in [1.82, 2.24) is 9.55 Å². The molecule has 23 heavy (non-hydrogen) atoms. The topological polar surface area (TPSA) is 70.2 Å². The second-order valence-electron chi connectivity index (χ2n) is 6.25. The van der Waals surface area contributed by atoms with Gasteiger partial charge in [-0.2, -0.15) is 0 Å². The number of benzene rings is 1. The first-order valence-corrected chi connectivity index (χ1v) is 7.66. The average Bonchev–Trinajstić information content (AvgIpc) is 2.88. The Morgan fingerprint density at radius 2 is 2.04 bits per heavy atom. The van der Waals surface area contributed by atoms with Crippen LogP contribution in [0.4, 0.5) is 0 Å². The Balaban J connectivity index is 2.66. The highest BCUT2D eigenvalue weighted by atomic mass is 35.5. The fourth-order valence-corrected chi connectivity index (χ4v) is 3.08. The largest absolute Gasteiger partial charge is 0.335 e. The Bertz CT molecular complexity index is 698. The first kappa shape index (κ1) is 17.6. The van der Waals surface area contributed by atoms with Crippen LogP contribution < -0.4 is 0 Å². The van der Waals surface area contributed by atoms with Gasteiger partial charge in [0.05, 0.1) is 12.9 Å². The maximum atomic E-state index is 11.2. The van der Waals surface area contributed by atoms with E-state index in [4.69, 9.17) is 28.0 Å². The van der Waals surface area contributed by atoms with Crippen LogP contribution in [-0.2, 0) is 17.0 Å². The predicted octanol–water partition coefficient (Wildman–Crippen LogP) is 4.34. The highest BCUT2D eigenvalue weighted by Crippen LogP contribution is 2.47. The summed E-state index contributed by atoms with van der Waals surface area (Å²) < 4.78 is 1.72. The van der Waals surface area contributed by atoms with Crippen molar-refractivity contribution in [3.63, 3.8) is 0 Å². The lowest BCUT2D eigenvalue weighted by Crippen LogP contribution is -2.47.